The molecule has 1 aliphatic heterocycles. The third-order valence-corrected chi connectivity index (χ3v) is 3.78. The second kappa shape index (κ2) is 6.29. The largest absolute Gasteiger partial charge is 0.416 e. The van der Waals surface area contributed by atoms with Gasteiger partial charge < -0.3 is 9.63 Å². The number of aromatic nitrogens is 2. The number of hydrogen-bond donors (Lipinski definition) is 1. The predicted molar refractivity (Wildman–Crippen MR) is 75.3 cm³/mol. The summed E-state index contributed by atoms with van der Waals surface area (Å²) < 4.78 is 42.8. The average molecular weight is 327 g/mol. The van der Waals surface area contributed by atoms with Crippen LogP contribution in [0.25, 0.3) is 11.4 Å². The van der Waals surface area contributed by atoms with Crippen LogP contribution in [0, 0.1) is 0 Å². The van der Waals surface area contributed by atoms with Gasteiger partial charge in [0.05, 0.1) is 18.2 Å². The molecule has 1 fully saturated rings. The van der Waals surface area contributed by atoms with Gasteiger partial charge in [-0.05, 0) is 31.5 Å². The van der Waals surface area contributed by atoms with E-state index in [1.165, 1.54) is 12.1 Å². The number of hydrogen-bond acceptors (Lipinski definition) is 5. The number of alkyl halides is 3. The van der Waals surface area contributed by atoms with Gasteiger partial charge in [-0.2, -0.15) is 18.2 Å². The summed E-state index contributed by atoms with van der Waals surface area (Å²) >= 11 is 0. The molecule has 0 unspecified atom stereocenters. The molecule has 124 valence electrons. The van der Waals surface area contributed by atoms with E-state index in [0.29, 0.717) is 24.5 Å². The van der Waals surface area contributed by atoms with Gasteiger partial charge >= 0.3 is 6.18 Å². The summed E-state index contributed by atoms with van der Waals surface area (Å²) in [6.45, 7) is 1.82. The highest BCUT2D eigenvalue weighted by molar-refractivity contribution is 5.54. The molecular formula is C15H16F3N3O2. The van der Waals surface area contributed by atoms with Crippen LogP contribution in [-0.2, 0) is 12.7 Å². The summed E-state index contributed by atoms with van der Waals surface area (Å²) in [6.07, 6.45) is -3.02. The molecule has 0 spiro atoms. The van der Waals surface area contributed by atoms with Crippen LogP contribution in [0.1, 0.15) is 24.3 Å². The number of likely N-dealkylation sites (tertiary alicyclic amines) is 1. The SMILES string of the molecule is O[C@@H]1CCCN(Cc2nc(-c3ccc(C(F)(F)F)cc3)no2)C1. The molecule has 3 rings (SSSR count). The molecule has 0 bridgehead atoms. The molecule has 0 aliphatic carbocycles. The topological polar surface area (TPSA) is 62.4 Å². The fourth-order valence-electron chi connectivity index (χ4n) is 2.61. The van der Waals surface area contributed by atoms with Gasteiger partial charge in [0.1, 0.15) is 0 Å². The van der Waals surface area contributed by atoms with Crippen molar-refractivity contribution in [1.82, 2.24) is 15.0 Å². The highest BCUT2D eigenvalue weighted by atomic mass is 19.4. The summed E-state index contributed by atoms with van der Waals surface area (Å²) in [5.41, 5.74) is -0.251. The Bertz CT molecular complexity index is 655. The smallest absolute Gasteiger partial charge is 0.392 e. The molecular weight excluding hydrogens is 311 g/mol. The number of aliphatic hydroxyl groups excluding tert-OH is 1. The van der Waals surface area contributed by atoms with Crippen molar-refractivity contribution < 1.29 is 22.8 Å². The van der Waals surface area contributed by atoms with E-state index in [4.69, 9.17) is 4.52 Å². The predicted octanol–water partition coefficient (Wildman–Crippen LogP) is 2.71. The Kier molecular flexibility index (Phi) is 4.36. The van der Waals surface area contributed by atoms with Crippen LogP contribution in [0.4, 0.5) is 13.2 Å². The van der Waals surface area contributed by atoms with E-state index in [2.05, 4.69) is 10.1 Å². The van der Waals surface area contributed by atoms with E-state index in [-0.39, 0.29) is 11.9 Å². The van der Waals surface area contributed by atoms with Crippen LogP contribution in [0.5, 0.6) is 0 Å². The summed E-state index contributed by atoms with van der Waals surface area (Å²) in [6, 6.07) is 4.63. The minimum absolute atomic E-state index is 0.256. The fourth-order valence-corrected chi connectivity index (χ4v) is 2.61. The quantitative estimate of drug-likeness (QED) is 0.939. The molecule has 2 aromatic rings. The maximum atomic E-state index is 12.5. The minimum Gasteiger partial charge on any atom is -0.392 e. The van der Waals surface area contributed by atoms with Gasteiger partial charge in [-0.15, -0.1) is 0 Å². The van der Waals surface area contributed by atoms with E-state index >= 15 is 0 Å². The first kappa shape index (κ1) is 15.9. The highest BCUT2D eigenvalue weighted by Crippen LogP contribution is 2.30. The standard InChI is InChI=1S/C15H16F3N3O2/c16-15(17,18)11-5-3-10(4-6-11)14-19-13(23-20-14)9-21-7-1-2-12(22)8-21/h3-6,12,22H,1-2,7-9H2/t12-/m1/s1. The summed E-state index contributed by atoms with van der Waals surface area (Å²) in [4.78, 5) is 6.22. The second-order valence-electron chi connectivity index (χ2n) is 5.62. The van der Waals surface area contributed by atoms with Crippen molar-refractivity contribution in [3.63, 3.8) is 0 Å². The third kappa shape index (κ3) is 3.89. The first-order chi connectivity index (χ1) is 10.9. The average Bonchev–Trinajstić information content (AvgIpc) is 2.95. The third-order valence-electron chi connectivity index (χ3n) is 3.78. The molecule has 0 radical (unpaired) electrons. The normalized spacial score (nSPS) is 19.9. The number of aliphatic hydroxyl groups is 1. The lowest BCUT2D eigenvalue weighted by Gasteiger charge is -2.28. The Morgan fingerprint density at radius 1 is 1.26 bits per heavy atom. The first-order valence-corrected chi connectivity index (χ1v) is 7.32. The Hall–Kier alpha value is -1.93. The zero-order valence-electron chi connectivity index (χ0n) is 12.3. The Balaban J connectivity index is 1.69. The fraction of sp³-hybridized carbons (Fsp3) is 0.467. The monoisotopic (exact) mass is 327 g/mol. The summed E-state index contributed by atoms with van der Waals surface area (Å²) in [5.74, 6) is 0.639. The van der Waals surface area contributed by atoms with Gasteiger partial charge in [0.2, 0.25) is 11.7 Å². The van der Waals surface area contributed by atoms with Gasteiger partial charge in [0.15, 0.2) is 0 Å². The van der Waals surface area contributed by atoms with Crippen LogP contribution < -0.4 is 0 Å². The maximum absolute atomic E-state index is 12.5. The molecule has 1 atom stereocenters. The highest BCUT2D eigenvalue weighted by Gasteiger charge is 2.30. The lowest BCUT2D eigenvalue weighted by atomic mass is 10.1. The number of nitrogens with zero attached hydrogens (tertiary/aromatic N) is 3. The number of benzene rings is 1. The van der Waals surface area contributed by atoms with E-state index in [0.717, 1.165) is 31.5 Å². The molecule has 23 heavy (non-hydrogen) atoms. The lowest BCUT2D eigenvalue weighted by molar-refractivity contribution is -0.137. The lowest BCUT2D eigenvalue weighted by Crippen LogP contribution is -2.37. The van der Waals surface area contributed by atoms with E-state index in [1.807, 2.05) is 4.90 Å². The van der Waals surface area contributed by atoms with Gasteiger partial charge in [0, 0.05) is 12.1 Å². The van der Waals surface area contributed by atoms with Crippen molar-refractivity contribution in [1.29, 1.82) is 0 Å². The molecule has 0 saturated carbocycles. The van der Waals surface area contributed by atoms with Crippen LogP contribution in [0.2, 0.25) is 0 Å². The number of β-amino-alcohol motifs (C(OH)–C–C–N with tert-alkyl or cyclic N) is 1. The Morgan fingerprint density at radius 2 is 2.00 bits per heavy atom. The molecule has 5 nitrogen and oxygen atoms in total. The molecule has 8 heteroatoms. The summed E-state index contributed by atoms with van der Waals surface area (Å²) in [7, 11) is 0. The van der Waals surface area contributed by atoms with Gasteiger partial charge in [-0.1, -0.05) is 17.3 Å². The van der Waals surface area contributed by atoms with Crippen molar-refractivity contribution in [2.75, 3.05) is 13.1 Å². The van der Waals surface area contributed by atoms with Crippen molar-refractivity contribution >= 4 is 0 Å². The van der Waals surface area contributed by atoms with Crippen LogP contribution in [0.3, 0.4) is 0 Å². The van der Waals surface area contributed by atoms with Gasteiger partial charge in [0.25, 0.3) is 0 Å². The van der Waals surface area contributed by atoms with E-state index < -0.39 is 11.7 Å². The van der Waals surface area contributed by atoms with Crippen LogP contribution in [-0.4, -0.2) is 39.3 Å². The minimum atomic E-state index is -4.37. The van der Waals surface area contributed by atoms with Crippen LogP contribution >= 0.6 is 0 Å². The summed E-state index contributed by atoms with van der Waals surface area (Å²) in [5, 5.41) is 13.4. The Morgan fingerprint density at radius 3 is 2.65 bits per heavy atom. The van der Waals surface area contributed by atoms with Crippen molar-refractivity contribution in [3.05, 3.63) is 35.7 Å². The van der Waals surface area contributed by atoms with E-state index in [9.17, 15) is 18.3 Å². The number of rotatable bonds is 3. The van der Waals surface area contributed by atoms with E-state index in [1.54, 1.807) is 0 Å². The Labute approximate surface area is 130 Å². The maximum Gasteiger partial charge on any atom is 0.416 e. The molecule has 2 heterocycles. The van der Waals surface area contributed by atoms with Gasteiger partial charge in [-0.3, -0.25) is 4.90 Å². The zero-order chi connectivity index (χ0) is 16.4. The first-order valence-electron chi connectivity index (χ1n) is 7.32. The molecule has 1 aromatic carbocycles. The van der Waals surface area contributed by atoms with Crippen LogP contribution in [0.15, 0.2) is 28.8 Å². The number of piperidine rings is 1. The number of halogens is 3. The molecule has 1 N–H and O–H groups in total. The molecule has 1 aliphatic rings. The molecule has 1 saturated heterocycles. The molecule has 1 aromatic heterocycles. The van der Waals surface area contributed by atoms with Crippen molar-refractivity contribution in [2.24, 2.45) is 0 Å². The zero-order valence-corrected chi connectivity index (χ0v) is 12.3. The van der Waals surface area contributed by atoms with Gasteiger partial charge in [-0.25, -0.2) is 0 Å². The van der Waals surface area contributed by atoms with Crippen molar-refractivity contribution in [3.8, 4) is 11.4 Å². The second-order valence-corrected chi connectivity index (χ2v) is 5.62. The molecule has 0 amide bonds. The van der Waals surface area contributed by atoms with Crippen molar-refractivity contribution in [2.45, 2.75) is 31.7 Å².